The molecule has 0 aliphatic heterocycles. The molecule has 0 radical (unpaired) electrons. The van der Waals surface area contributed by atoms with Crippen LogP contribution in [0.4, 0.5) is 4.39 Å². The van der Waals surface area contributed by atoms with E-state index < -0.39 is 0 Å². The minimum atomic E-state index is -0.353. The molecule has 0 N–H and O–H groups in total. The lowest BCUT2D eigenvalue weighted by Gasteiger charge is -2.08. The van der Waals surface area contributed by atoms with Crippen molar-refractivity contribution in [2.45, 2.75) is 12.3 Å². The molecule has 0 saturated heterocycles. The zero-order valence-corrected chi connectivity index (χ0v) is 9.19. The Morgan fingerprint density at radius 3 is 2.47 bits per heavy atom. The third-order valence-electron chi connectivity index (χ3n) is 3.30. The lowest BCUT2D eigenvalue weighted by Crippen LogP contribution is -2.08. The number of hydrogen-bond acceptors (Lipinski definition) is 1. The van der Waals surface area contributed by atoms with E-state index in [1.165, 1.54) is 6.07 Å². The highest BCUT2D eigenvalue weighted by Crippen LogP contribution is 2.34. The van der Waals surface area contributed by atoms with Gasteiger partial charge < -0.3 is 0 Å². The molecule has 2 aromatic carbocycles. The van der Waals surface area contributed by atoms with Gasteiger partial charge in [0.05, 0.1) is 5.92 Å². The van der Waals surface area contributed by atoms with Gasteiger partial charge in [0.1, 0.15) is 5.82 Å². The van der Waals surface area contributed by atoms with Gasteiger partial charge >= 0.3 is 0 Å². The molecular weight excluding hydrogens is 215 g/mol. The molecule has 3 rings (SSSR count). The van der Waals surface area contributed by atoms with Crippen LogP contribution >= 0.6 is 0 Å². The fraction of sp³-hybridized carbons (Fsp3) is 0.133. The number of halogens is 1. The lowest BCUT2D eigenvalue weighted by molar-refractivity contribution is 0.0971. The van der Waals surface area contributed by atoms with Crippen LogP contribution in [0.1, 0.15) is 27.4 Å². The van der Waals surface area contributed by atoms with Crippen molar-refractivity contribution in [2.24, 2.45) is 0 Å². The molecule has 0 aromatic heterocycles. The van der Waals surface area contributed by atoms with Crippen molar-refractivity contribution >= 4 is 5.78 Å². The van der Waals surface area contributed by atoms with Crippen molar-refractivity contribution in [2.75, 3.05) is 0 Å². The quantitative estimate of drug-likeness (QED) is 0.728. The summed E-state index contributed by atoms with van der Waals surface area (Å²) in [4.78, 5) is 12.2. The maximum absolute atomic E-state index is 13.7. The molecule has 0 bridgehead atoms. The summed E-state index contributed by atoms with van der Waals surface area (Å²) < 4.78 is 13.7. The van der Waals surface area contributed by atoms with E-state index in [2.05, 4.69) is 0 Å². The predicted octanol–water partition coefficient (Wildman–Crippen LogP) is 3.35. The average molecular weight is 226 g/mol. The molecule has 0 fully saturated rings. The monoisotopic (exact) mass is 226 g/mol. The Morgan fingerprint density at radius 1 is 1.00 bits per heavy atom. The van der Waals surface area contributed by atoms with Gasteiger partial charge in [-0.2, -0.15) is 0 Å². The molecule has 1 aliphatic carbocycles. The van der Waals surface area contributed by atoms with Gasteiger partial charge in [0.2, 0.25) is 0 Å². The SMILES string of the molecule is O=C1c2ccccc2CC1c1ccccc1F. The minimum Gasteiger partial charge on any atom is -0.293 e. The number of fused-ring (bicyclic) bond motifs is 1. The lowest BCUT2D eigenvalue weighted by atomic mass is 9.95. The highest BCUT2D eigenvalue weighted by atomic mass is 19.1. The van der Waals surface area contributed by atoms with Crippen molar-refractivity contribution < 1.29 is 9.18 Å². The first kappa shape index (κ1) is 10.2. The van der Waals surface area contributed by atoms with Gasteiger partial charge in [0.25, 0.3) is 0 Å². The van der Waals surface area contributed by atoms with E-state index in [4.69, 9.17) is 0 Å². The van der Waals surface area contributed by atoms with E-state index in [0.717, 1.165) is 11.1 Å². The number of rotatable bonds is 1. The van der Waals surface area contributed by atoms with Crippen LogP contribution in [-0.2, 0) is 6.42 Å². The van der Waals surface area contributed by atoms with E-state index in [1.807, 2.05) is 24.3 Å². The average Bonchev–Trinajstić information content (AvgIpc) is 2.68. The fourth-order valence-corrected chi connectivity index (χ4v) is 2.45. The number of ketones is 1. The molecule has 0 amide bonds. The van der Waals surface area contributed by atoms with Gasteiger partial charge in [-0.15, -0.1) is 0 Å². The van der Waals surface area contributed by atoms with Crippen molar-refractivity contribution in [1.82, 2.24) is 0 Å². The van der Waals surface area contributed by atoms with Crippen LogP contribution in [-0.4, -0.2) is 5.78 Å². The third kappa shape index (κ3) is 1.57. The van der Waals surface area contributed by atoms with Crippen molar-refractivity contribution in [3.63, 3.8) is 0 Å². The third-order valence-corrected chi connectivity index (χ3v) is 3.30. The first-order valence-corrected chi connectivity index (χ1v) is 5.64. The van der Waals surface area contributed by atoms with E-state index in [0.29, 0.717) is 12.0 Å². The summed E-state index contributed by atoms with van der Waals surface area (Å²) in [6, 6.07) is 14.0. The molecule has 0 heterocycles. The summed E-state index contributed by atoms with van der Waals surface area (Å²) in [5, 5.41) is 0. The number of benzene rings is 2. The van der Waals surface area contributed by atoms with E-state index in [9.17, 15) is 9.18 Å². The Morgan fingerprint density at radius 2 is 1.71 bits per heavy atom. The molecule has 17 heavy (non-hydrogen) atoms. The largest absolute Gasteiger partial charge is 0.293 e. The number of carbonyl (C=O) groups excluding carboxylic acids is 1. The van der Waals surface area contributed by atoms with E-state index in [1.54, 1.807) is 18.2 Å². The van der Waals surface area contributed by atoms with E-state index >= 15 is 0 Å². The highest BCUT2D eigenvalue weighted by molar-refractivity contribution is 6.05. The molecule has 1 nitrogen and oxygen atoms in total. The first-order valence-electron chi connectivity index (χ1n) is 5.64. The number of hydrogen-bond donors (Lipinski definition) is 0. The van der Waals surface area contributed by atoms with Crippen LogP contribution in [0.5, 0.6) is 0 Å². The number of carbonyl (C=O) groups is 1. The molecule has 2 aromatic rings. The fourth-order valence-electron chi connectivity index (χ4n) is 2.45. The summed E-state index contributed by atoms with van der Waals surface area (Å²) in [6.07, 6.45) is 0.607. The van der Waals surface area contributed by atoms with E-state index in [-0.39, 0.29) is 17.5 Å². The molecule has 1 unspecified atom stereocenters. The van der Waals surface area contributed by atoms with Gasteiger partial charge in [-0.05, 0) is 23.6 Å². The topological polar surface area (TPSA) is 17.1 Å². The summed E-state index contributed by atoms with van der Waals surface area (Å²) in [6.45, 7) is 0. The van der Waals surface area contributed by atoms with Gasteiger partial charge in [-0.25, -0.2) is 4.39 Å². The summed E-state index contributed by atoms with van der Waals surface area (Å²) in [5.41, 5.74) is 2.26. The zero-order valence-electron chi connectivity index (χ0n) is 9.19. The minimum absolute atomic E-state index is 0.0331. The zero-order chi connectivity index (χ0) is 11.8. The molecule has 1 aliphatic rings. The van der Waals surface area contributed by atoms with Crippen LogP contribution in [0.25, 0.3) is 0 Å². The molecule has 0 spiro atoms. The molecule has 1 atom stereocenters. The summed E-state index contributed by atoms with van der Waals surface area (Å²) >= 11 is 0. The highest BCUT2D eigenvalue weighted by Gasteiger charge is 2.32. The predicted molar refractivity (Wildman–Crippen MR) is 63.6 cm³/mol. The Bertz CT molecular complexity index is 589. The van der Waals surface area contributed by atoms with Crippen molar-refractivity contribution in [3.05, 3.63) is 71.0 Å². The molecular formula is C15H11FO. The normalized spacial score (nSPS) is 18.2. The summed E-state index contributed by atoms with van der Waals surface area (Å²) in [5.74, 6) is -0.613. The Labute approximate surface area is 98.9 Å². The standard InChI is InChI=1S/C15H11FO/c16-14-8-4-3-7-12(14)13-9-10-5-1-2-6-11(10)15(13)17/h1-8,13H,9H2. The van der Waals surface area contributed by atoms with Crippen molar-refractivity contribution in [3.8, 4) is 0 Å². The summed E-state index contributed by atoms with van der Waals surface area (Å²) in [7, 11) is 0. The molecule has 2 heteroatoms. The second-order valence-corrected chi connectivity index (χ2v) is 4.30. The van der Waals surface area contributed by atoms with Gasteiger partial charge in [0, 0.05) is 5.56 Å². The number of Topliss-reactive ketones (excluding diaryl/α,β-unsaturated/α-hetero) is 1. The Kier molecular flexibility index (Phi) is 2.29. The maximum atomic E-state index is 13.7. The smallest absolute Gasteiger partial charge is 0.171 e. The van der Waals surface area contributed by atoms with Crippen LogP contribution in [0.15, 0.2) is 48.5 Å². The van der Waals surface area contributed by atoms with Gasteiger partial charge in [0.15, 0.2) is 5.78 Å². The molecule has 0 saturated carbocycles. The molecule has 84 valence electrons. The van der Waals surface area contributed by atoms with Crippen LogP contribution in [0.3, 0.4) is 0 Å². The van der Waals surface area contributed by atoms with Crippen molar-refractivity contribution in [1.29, 1.82) is 0 Å². The maximum Gasteiger partial charge on any atom is 0.171 e. The Hall–Kier alpha value is -1.96. The van der Waals surface area contributed by atoms with Gasteiger partial charge in [-0.3, -0.25) is 4.79 Å². The Balaban J connectivity index is 2.05. The second-order valence-electron chi connectivity index (χ2n) is 4.30. The van der Waals surface area contributed by atoms with Gasteiger partial charge in [-0.1, -0.05) is 42.5 Å². The van der Waals surface area contributed by atoms with Crippen LogP contribution in [0, 0.1) is 5.82 Å². The van der Waals surface area contributed by atoms with Crippen LogP contribution in [0.2, 0.25) is 0 Å². The first-order chi connectivity index (χ1) is 8.27. The van der Waals surface area contributed by atoms with Crippen LogP contribution < -0.4 is 0 Å². The second kappa shape index (κ2) is 3.81.